The Labute approximate surface area is 168 Å². The van der Waals surface area contributed by atoms with Crippen LogP contribution in [0.3, 0.4) is 0 Å². The number of aromatic nitrogens is 1. The second kappa shape index (κ2) is 6.57. The van der Waals surface area contributed by atoms with Gasteiger partial charge in [0.2, 0.25) is 0 Å². The third-order valence-corrected chi connectivity index (χ3v) is 5.93. The van der Waals surface area contributed by atoms with E-state index in [1.807, 2.05) is 5.32 Å². The molecule has 0 aromatic carbocycles. The highest BCUT2D eigenvalue weighted by Gasteiger charge is 2.69. The SMILES string of the molecule is CC(CNC(=O)C(F)(F)F)c1cn(C23CC(O)(C2)[C@@H](CO)O3)c2c1C(=O)NC(N)N2. The lowest BCUT2D eigenvalue weighted by atomic mass is 9.73. The molecule has 4 heterocycles. The number of nitrogens with one attached hydrogen (secondary N) is 3. The number of hydrogen-bond acceptors (Lipinski definition) is 7. The number of nitrogens with two attached hydrogens (primary N) is 1. The maximum atomic E-state index is 12.6. The summed E-state index contributed by atoms with van der Waals surface area (Å²) in [5.41, 5.74) is 4.14. The molecule has 1 aliphatic carbocycles. The molecule has 30 heavy (non-hydrogen) atoms. The molecule has 0 spiro atoms. The highest BCUT2D eigenvalue weighted by atomic mass is 19.4. The Morgan fingerprint density at radius 3 is 2.70 bits per heavy atom. The van der Waals surface area contributed by atoms with Gasteiger partial charge in [0.15, 0.2) is 12.0 Å². The van der Waals surface area contributed by atoms with Gasteiger partial charge in [-0.25, -0.2) is 0 Å². The van der Waals surface area contributed by atoms with E-state index >= 15 is 0 Å². The normalized spacial score (nSPS) is 33.2. The van der Waals surface area contributed by atoms with Crippen LogP contribution in [0.25, 0.3) is 0 Å². The molecule has 10 nitrogen and oxygen atoms in total. The molecule has 7 N–H and O–H groups in total. The first-order chi connectivity index (χ1) is 13.9. The highest BCUT2D eigenvalue weighted by Crippen LogP contribution is 2.59. The van der Waals surface area contributed by atoms with E-state index in [2.05, 4.69) is 10.6 Å². The van der Waals surface area contributed by atoms with Gasteiger partial charge in [0.1, 0.15) is 17.5 Å². The molecule has 3 aliphatic heterocycles. The molecule has 2 amide bonds. The Hall–Kier alpha value is -2.35. The third-order valence-electron chi connectivity index (χ3n) is 5.93. The average Bonchev–Trinajstić information content (AvgIpc) is 3.23. The zero-order chi connectivity index (χ0) is 22.1. The van der Waals surface area contributed by atoms with Crippen molar-refractivity contribution >= 4 is 17.6 Å². The molecular weight excluding hydrogens is 411 g/mol. The molecule has 0 radical (unpaired) electrons. The zero-order valence-electron chi connectivity index (χ0n) is 15.9. The van der Waals surface area contributed by atoms with Crippen LogP contribution in [0.4, 0.5) is 19.0 Å². The van der Waals surface area contributed by atoms with Crippen LogP contribution in [0, 0.1) is 0 Å². The van der Waals surface area contributed by atoms with Crippen molar-refractivity contribution in [1.82, 2.24) is 15.2 Å². The van der Waals surface area contributed by atoms with Gasteiger partial charge in [0, 0.05) is 31.5 Å². The number of carbonyl (C=O) groups excluding carboxylic acids is 2. The summed E-state index contributed by atoms with van der Waals surface area (Å²) >= 11 is 0. The van der Waals surface area contributed by atoms with Crippen molar-refractivity contribution in [1.29, 1.82) is 0 Å². The fourth-order valence-electron chi connectivity index (χ4n) is 4.48. The van der Waals surface area contributed by atoms with Crippen LogP contribution in [-0.4, -0.2) is 63.9 Å². The van der Waals surface area contributed by atoms with Gasteiger partial charge in [-0.2, -0.15) is 13.2 Å². The van der Waals surface area contributed by atoms with E-state index in [-0.39, 0.29) is 31.6 Å². The smallest absolute Gasteiger partial charge is 0.394 e. The lowest BCUT2D eigenvalue weighted by Crippen LogP contribution is -2.55. The summed E-state index contributed by atoms with van der Waals surface area (Å²) in [6.45, 7) is 0.826. The molecule has 5 rings (SSSR count). The van der Waals surface area contributed by atoms with Crippen LogP contribution >= 0.6 is 0 Å². The Morgan fingerprint density at radius 1 is 1.47 bits per heavy atom. The number of hydrogen-bond donors (Lipinski definition) is 6. The number of aliphatic hydroxyl groups excluding tert-OH is 1. The highest BCUT2D eigenvalue weighted by molar-refractivity contribution is 6.03. The number of aliphatic hydroxyl groups is 2. The van der Waals surface area contributed by atoms with Crippen molar-refractivity contribution in [3.63, 3.8) is 0 Å². The summed E-state index contributed by atoms with van der Waals surface area (Å²) in [5, 5.41) is 27.2. The fourth-order valence-corrected chi connectivity index (χ4v) is 4.48. The van der Waals surface area contributed by atoms with Gasteiger partial charge in [-0.15, -0.1) is 0 Å². The molecule has 2 bridgehead atoms. The summed E-state index contributed by atoms with van der Waals surface area (Å²) < 4.78 is 44.9. The number of carbonyl (C=O) groups is 2. The van der Waals surface area contributed by atoms with Crippen molar-refractivity contribution < 1.29 is 37.7 Å². The van der Waals surface area contributed by atoms with Crippen LogP contribution in [-0.2, 0) is 15.3 Å². The van der Waals surface area contributed by atoms with E-state index in [0.29, 0.717) is 11.4 Å². The lowest BCUT2D eigenvalue weighted by molar-refractivity contribution is -0.173. The number of nitrogens with zero attached hydrogens (tertiary/aromatic N) is 1. The second-order valence-electron chi connectivity index (χ2n) is 8.07. The molecule has 1 saturated carbocycles. The van der Waals surface area contributed by atoms with E-state index < -0.39 is 47.6 Å². The number of ether oxygens (including phenoxy) is 1. The van der Waals surface area contributed by atoms with Crippen LogP contribution in [0.15, 0.2) is 6.20 Å². The number of rotatable bonds is 5. The molecule has 3 atom stereocenters. The monoisotopic (exact) mass is 433 g/mol. The number of amides is 2. The van der Waals surface area contributed by atoms with Gasteiger partial charge in [0.05, 0.1) is 12.2 Å². The summed E-state index contributed by atoms with van der Waals surface area (Å²) in [6, 6.07) is 0. The van der Waals surface area contributed by atoms with Gasteiger partial charge >= 0.3 is 12.1 Å². The minimum absolute atomic E-state index is 0.170. The number of fused-ring (bicyclic) bond motifs is 2. The van der Waals surface area contributed by atoms with Crippen LogP contribution < -0.4 is 21.7 Å². The topological polar surface area (TPSA) is 151 Å². The van der Waals surface area contributed by atoms with Crippen molar-refractivity contribution in [3.8, 4) is 0 Å². The Morgan fingerprint density at radius 2 is 2.13 bits per heavy atom. The van der Waals surface area contributed by atoms with Crippen LogP contribution in [0.1, 0.15) is 41.6 Å². The van der Waals surface area contributed by atoms with E-state index in [1.165, 1.54) is 0 Å². The van der Waals surface area contributed by atoms with Crippen molar-refractivity contribution in [2.24, 2.45) is 5.73 Å². The van der Waals surface area contributed by atoms with Gasteiger partial charge < -0.3 is 35.5 Å². The molecular formula is C17H22F3N5O5. The minimum atomic E-state index is -5.01. The summed E-state index contributed by atoms with van der Waals surface area (Å²) in [4.78, 5) is 23.8. The Kier molecular flexibility index (Phi) is 4.58. The molecule has 4 aliphatic rings. The van der Waals surface area contributed by atoms with E-state index in [0.717, 1.165) is 0 Å². The van der Waals surface area contributed by atoms with Gasteiger partial charge in [-0.05, 0) is 5.56 Å². The van der Waals surface area contributed by atoms with Crippen molar-refractivity contribution in [3.05, 3.63) is 17.3 Å². The molecule has 13 heteroatoms. The van der Waals surface area contributed by atoms with Gasteiger partial charge in [-0.3, -0.25) is 15.3 Å². The first kappa shape index (κ1) is 20.9. The standard InChI is InChI=1S/C17H22F3N5O5/c1-7(2-22-13(28)17(18,19)20)8-3-25(11-10(8)12(27)24-14(21)23-11)16-5-15(29,6-16)9(4-26)30-16/h3,7,9,14,23,26,29H,2,4-6,21H2,1H3,(H,22,28)(H,24,27)/t7?,9-,14?,15?,16?/m1/s1. The summed E-state index contributed by atoms with van der Waals surface area (Å²) in [6.07, 6.45) is -4.82. The molecule has 1 aromatic rings. The van der Waals surface area contributed by atoms with Gasteiger partial charge in [-0.1, -0.05) is 6.92 Å². The summed E-state index contributed by atoms with van der Waals surface area (Å²) in [7, 11) is 0. The largest absolute Gasteiger partial charge is 0.471 e. The van der Waals surface area contributed by atoms with Crippen molar-refractivity contribution in [2.45, 2.75) is 55.6 Å². The predicted molar refractivity (Wildman–Crippen MR) is 95.1 cm³/mol. The quantitative estimate of drug-likeness (QED) is 0.357. The first-order valence-corrected chi connectivity index (χ1v) is 9.35. The number of alkyl halides is 3. The average molecular weight is 433 g/mol. The molecule has 2 unspecified atom stereocenters. The first-order valence-electron chi connectivity index (χ1n) is 9.35. The zero-order valence-corrected chi connectivity index (χ0v) is 15.9. The van der Waals surface area contributed by atoms with Crippen LogP contribution in [0.5, 0.6) is 0 Å². The Balaban J connectivity index is 1.67. The molecule has 2 saturated heterocycles. The summed E-state index contributed by atoms with van der Waals surface area (Å²) in [5.74, 6) is -2.95. The lowest BCUT2D eigenvalue weighted by Gasteiger charge is -2.43. The molecule has 166 valence electrons. The van der Waals surface area contributed by atoms with Gasteiger partial charge in [0.25, 0.3) is 5.91 Å². The van der Waals surface area contributed by atoms with Crippen molar-refractivity contribution in [2.75, 3.05) is 18.5 Å². The third kappa shape index (κ3) is 3.04. The molecule has 1 aromatic heterocycles. The minimum Gasteiger partial charge on any atom is -0.394 e. The molecule has 3 fully saturated rings. The van der Waals surface area contributed by atoms with E-state index in [1.54, 1.807) is 17.7 Å². The number of anilines is 1. The van der Waals surface area contributed by atoms with E-state index in [9.17, 15) is 33.0 Å². The van der Waals surface area contributed by atoms with E-state index in [4.69, 9.17) is 10.5 Å². The van der Waals surface area contributed by atoms with Crippen LogP contribution in [0.2, 0.25) is 0 Å². The fraction of sp³-hybridized carbons (Fsp3) is 0.647. The maximum absolute atomic E-state index is 12.6. The second-order valence-corrected chi connectivity index (χ2v) is 8.07. The number of halogens is 3. The maximum Gasteiger partial charge on any atom is 0.471 e. The predicted octanol–water partition coefficient (Wildman–Crippen LogP) is -0.763. The Bertz CT molecular complexity index is 895.